The van der Waals surface area contributed by atoms with Crippen molar-refractivity contribution >= 4 is 29.1 Å². The van der Waals surface area contributed by atoms with Crippen LogP contribution >= 0.6 is 11.8 Å². The molecule has 2 fully saturated rings. The first-order valence-corrected chi connectivity index (χ1v) is 13.4. The zero-order valence-electron chi connectivity index (χ0n) is 20.9. The van der Waals surface area contributed by atoms with E-state index in [-0.39, 0.29) is 36.5 Å². The molecule has 0 amide bonds. The second-order valence-corrected chi connectivity index (χ2v) is 10.7. The fourth-order valence-electron chi connectivity index (χ4n) is 4.50. The summed E-state index contributed by atoms with van der Waals surface area (Å²) in [6.07, 6.45) is -2.88. The molecule has 0 spiro atoms. The van der Waals surface area contributed by atoms with Gasteiger partial charge in [-0.3, -0.25) is 5.01 Å². The first-order valence-electron chi connectivity index (χ1n) is 12.5. The molecule has 9 N–H and O–H groups in total. The summed E-state index contributed by atoms with van der Waals surface area (Å²) in [5, 5.41) is 44.6. The Morgan fingerprint density at radius 3 is 2.66 bits per heavy atom. The van der Waals surface area contributed by atoms with Crippen LogP contribution in [0.2, 0.25) is 0 Å². The molecule has 0 radical (unpaired) electrons. The lowest BCUT2D eigenvalue weighted by molar-refractivity contribution is -0.0822. The van der Waals surface area contributed by atoms with Gasteiger partial charge in [-0.2, -0.15) is 0 Å². The van der Waals surface area contributed by atoms with Crippen LogP contribution in [0.3, 0.4) is 0 Å². The second-order valence-electron chi connectivity index (χ2n) is 9.61. The van der Waals surface area contributed by atoms with Gasteiger partial charge in [-0.05, 0) is 30.5 Å². The topological polar surface area (TPSA) is 183 Å². The molecule has 1 aromatic heterocycles. The Labute approximate surface area is 223 Å². The highest BCUT2D eigenvalue weighted by Gasteiger charge is 2.46. The minimum atomic E-state index is -1.30. The number of hydrazine groups is 1. The molecule has 2 aromatic rings. The van der Waals surface area contributed by atoms with E-state index in [1.807, 2.05) is 6.92 Å². The molecule has 38 heavy (non-hydrogen) atoms. The van der Waals surface area contributed by atoms with Gasteiger partial charge in [-0.1, -0.05) is 24.8 Å². The fraction of sp³-hybridized carbons (Fsp3) is 0.583. The van der Waals surface area contributed by atoms with Gasteiger partial charge in [-0.25, -0.2) is 24.6 Å². The van der Waals surface area contributed by atoms with E-state index in [4.69, 9.17) is 21.4 Å². The number of nitrogens with two attached hydrogens (primary N) is 2. The Bertz CT molecular complexity index is 1120. The van der Waals surface area contributed by atoms with Crippen LogP contribution in [0.1, 0.15) is 37.7 Å². The van der Waals surface area contributed by atoms with Gasteiger partial charge >= 0.3 is 0 Å². The van der Waals surface area contributed by atoms with E-state index in [1.54, 1.807) is 6.07 Å². The molecular weight excluding hydrogens is 522 g/mol. The van der Waals surface area contributed by atoms with Crippen molar-refractivity contribution < 1.29 is 33.9 Å². The van der Waals surface area contributed by atoms with Crippen molar-refractivity contribution in [2.45, 2.75) is 73.8 Å². The summed E-state index contributed by atoms with van der Waals surface area (Å²) >= 11 is 1.40. The molecular formula is C24H34F2N6O5S. The number of ether oxygens (including phenoxy) is 1. The van der Waals surface area contributed by atoms with Crippen molar-refractivity contribution in [3.05, 3.63) is 35.4 Å². The molecule has 0 bridgehead atoms. The molecule has 11 nitrogen and oxygen atoms in total. The number of aliphatic hydroxyl groups excluding tert-OH is 4. The third kappa shape index (κ3) is 6.28. The van der Waals surface area contributed by atoms with E-state index in [1.165, 1.54) is 22.8 Å². The smallest absolute Gasteiger partial charge is 0.191 e. The van der Waals surface area contributed by atoms with Gasteiger partial charge in [0.15, 0.2) is 28.4 Å². The normalized spacial score (nSPS) is 27.4. The van der Waals surface area contributed by atoms with Crippen molar-refractivity contribution in [1.29, 1.82) is 0 Å². The van der Waals surface area contributed by atoms with Gasteiger partial charge in [0.2, 0.25) is 0 Å². The molecule has 2 aliphatic carbocycles. The molecule has 1 heterocycles. The Morgan fingerprint density at radius 2 is 1.97 bits per heavy atom. The van der Waals surface area contributed by atoms with E-state index in [0.717, 1.165) is 18.2 Å². The first kappa shape index (κ1) is 28.7. The van der Waals surface area contributed by atoms with E-state index < -0.39 is 48.7 Å². The summed E-state index contributed by atoms with van der Waals surface area (Å²) < 4.78 is 32.5. The Hall–Kier alpha value is -2.33. The summed E-state index contributed by atoms with van der Waals surface area (Å²) in [5.74, 6) is 5.75. The maximum Gasteiger partial charge on any atom is 0.191 e. The summed E-state index contributed by atoms with van der Waals surface area (Å²) in [6, 6.07) is 2.91. The standard InChI is InChI=1S/C24H34F2N6O5S/c1-2-5-38-24-30-22(29-16-7-13(16)11-3-4-14(25)15(26)6-11)19(27)23(31-24)32(28)17-8-18(21(36)20(17)35)37-10-12(34)9-33/h3-4,6,12-13,16-18,20-21,33-36H,2,5,7-10,27-28H2,1H3,(H,29,30,31). The number of nitrogen functional groups attached to an aromatic ring is 1. The lowest BCUT2D eigenvalue weighted by atomic mass is 10.1. The molecule has 0 saturated heterocycles. The predicted octanol–water partition coefficient (Wildman–Crippen LogP) is 0.720. The number of rotatable bonds is 12. The highest BCUT2D eigenvalue weighted by molar-refractivity contribution is 7.99. The van der Waals surface area contributed by atoms with Gasteiger partial charge < -0.3 is 36.2 Å². The van der Waals surface area contributed by atoms with Crippen molar-refractivity contribution in [2.75, 3.05) is 35.0 Å². The van der Waals surface area contributed by atoms with E-state index in [0.29, 0.717) is 23.0 Å². The number of anilines is 3. The van der Waals surface area contributed by atoms with Gasteiger partial charge in [0.25, 0.3) is 0 Å². The van der Waals surface area contributed by atoms with Crippen LogP contribution in [0.25, 0.3) is 0 Å². The molecule has 7 unspecified atom stereocenters. The van der Waals surface area contributed by atoms with Crippen LogP contribution in [0.5, 0.6) is 0 Å². The monoisotopic (exact) mass is 556 g/mol. The van der Waals surface area contributed by atoms with E-state index >= 15 is 0 Å². The van der Waals surface area contributed by atoms with Gasteiger partial charge in [0, 0.05) is 24.1 Å². The summed E-state index contributed by atoms with van der Waals surface area (Å²) in [6.45, 7) is 1.30. The highest BCUT2D eigenvalue weighted by atomic mass is 32.2. The van der Waals surface area contributed by atoms with Crippen LogP contribution in [0, 0.1) is 11.6 Å². The highest BCUT2D eigenvalue weighted by Crippen LogP contribution is 2.44. The third-order valence-corrected chi connectivity index (χ3v) is 7.79. The average molecular weight is 557 g/mol. The molecule has 7 atom stereocenters. The summed E-state index contributed by atoms with van der Waals surface area (Å²) in [5.41, 5.74) is 7.21. The maximum absolute atomic E-state index is 13.7. The number of nitrogens with zero attached hydrogens (tertiary/aromatic N) is 3. The summed E-state index contributed by atoms with van der Waals surface area (Å²) in [4.78, 5) is 9.04. The Kier molecular flexibility index (Phi) is 9.23. The average Bonchev–Trinajstić information content (AvgIpc) is 3.62. The predicted molar refractivity (Wildman–Crippen MR) is 139 cm³/mol. The van der Waals surface area contributed by atoms with E-state index in [2.05, 4.69) is 15.3 Å². The number of aromatic nitrogens is 2. The van der Waals surface area contributed by atoms with Crippen LogP contribution < -0.4 is 21.9 Å². The van der Waals surface area contributed by atoms with Crippen molar-refractivity contribution in [1.82, 2.24) is 9.97 Å². The first-order chi connectivity index (χ1) is 18.1. The largest absolute Gasteiger partial charge is 0.394 e. The van der Waals surface area contributed by atoms with Crippen LogP contribution in [0.15, 0.2) is 23.4 Å². The van der Waals surface area contributed by atoms with Crippen LogP contribution in [0.4, 0.5) is 26.1 Å². The molecule has 0 aliphatic heterocycles. The zero-order chi connectivity index (χ0) is 27.6. The van der Waals surface area contributed by atoms with Gasteiger partial charge in [-0.15, -0.1) is 0 Å². The zero-order valence-corrected chi connectivity index (χ0v) is 21.7. The number of thioether (sulfide) groups is 1. The molecule has 4 rings (SSSR count). The van der Waals surface area contributed by atoms with Gasteiger partial charge in [0.05, 0.1) is 25.4 Å². The number of hydrogen-bond acceptors (Lipinski definition) is 12. The molecule has 2 aliphatic rings. The number of halogens is 2. The third-order valence-electron chi connectivity index (χ3n) is 6.74. The lowest BCUT2D eigenvalue weighted by Gasteiger charge is -2.29. The van der Waals surface area contributed by atoms with Crippen molar-refractivity contribution in [2.24, 2.45) is 5.84 Å². The minimum absolute atomic E-state index is 0.0531. The molecule has 2 saturated carbocycles. The lowest BCUT2D eigenvalue weighted by Crippen LogP contribution is -2.48. The van der Waals surface area contributed by atoms with Crippen molar-refractivity contribution in [3.8, 4) is 0 Å². The van der Waals surface area contributed by atoms with Crippen LogP contribution in [-0.2, 0) is 4.74 Å². The Morgan fingerprint density at radius 1 is 1.21 bits per heavy atom. The molecule has 210 valence electrons. The number of benzene rings is 1. The molecule has 1 aromatic carbocycles. The Balaban J connectivity index is 1.53. The fourth-order valence-corrected chi connectivity index (χ4v) is 5.19. The number of nitrogens with one attached hydrogen (secondary N) is 1. The maximum atomic E-state index is 13.7. The second kappa shape index (κ2) is 12.2. The molecule has 14 heteroatoms. The van der Waals surface area contributed by atoms with Gasteiger partial charge in [0.1, 0.15) is 24.0 Å². The van der Waals surface area contributed by atoms with Crippen molar-refractivity contribution in [3.63, 3.8) is 0 Å². The SMILES string of the molecule is CCCSc1nc(NC2CC2c2ccc(F)c(F)c2)c(N)c(N(N)C2CC(OCC(O)CO)C(O)C2O)n1. The van der Waals surface area contributed by atoms with Crippen LogP contribution in [-0.4, -0.2) is 85.9 Å². The minimum Gasteiger partial charge on any atom is -0.394 e. The van der Waals surface area contributed by atoms with E-state index in [9.17, 15) is 24.1 Å². The number of hydrogen-bond donors (Lipinski definition) is 7. The summed E-state index contributed by atoms with van der Waals surface area (Å²) in [7, 11) is 0. The number of aliphatic hydroxyl groups is 4. The quantitative estimate of drug-likeness (QED) is 0.0843.